The van der Waals surface area contributed by atoms with Crippen LogP contribution in [0.25, 0.3) is 0 Å². The molecule has 0 atom stereocenters. The highest BCUT2D eigenvalue weighted by Gasteiger charge is 2.43. The molecule has 2 bridgehead atoms. The number of carboxylic acid groups (broad SMARTS) is 1. The van der Waals surface area contributed by atoms with Crippen molar-refractivity contribution in [1.82, 2.24) is 5.32 Å². The van der Waals surface area contributed by atoms with Crippen molar-refractivity contribution >= 4 is 5.97 Å². The Kier molecular flexibility index (Phi) is 2.02. The molecule has 0 amide bonds. The predicted octanol–water partition coefficient (Wildman–Crippen LogP) is 1.51. The minimum atomic E-state index is -0.878. The van der Waals surface area contributed by atoms with Crippen LogP contribution < -0.4 is 5.32 Å². The maximum atomic E-state index is 10.2. The zero-order chi connectivity index (χ0) is 9.31. The van der Waals surface area contributed by atoms with Crippen LogP contribution in [0.4, 0.5) is 0 Å². The van der Waals surface area contributed by atoms with Gasteiger partial charge in [0.05, 0.1) is 0 Å². The highest BCUT2D eigenvalue weighted by Crippen LogP contribution is 2.47. The van der Waals surface area contributed by atoms with Crippen molar-refractivity contribution in [1.29, 1.82) is 0 Å². The fraction of sp³-hybridized carbons (Fsp3) is 0.700. The number of carbonyl (C=O) groups is 1. The van der Waals surface area contributed by atoms with Crippen LogP contribution in [-0.4, -0.2) is 16.6 Å². The molecular formula is C10H15NO2. The van der Waals surface area contributed by atoms with Gasteiger partial charge in [-0.15, -0.1) is 0 Å². The number of aliphatic carboxylic acids is 1. The van der Waals surface area contributed by atoms with Gasteiger partial charge in [0.2, 0.25) is 0 Å². The van der Waals surface area contributed by atoms with E-state index in [1.807, 2.05) is 0 Å². The molecule has 0 radical (unpaired) electrons. The molecule has 0 spiro atoms. The lowest BCUT2D eigenvalue weighted by Crippen LogP contribution is -2.37. The van der Waals surface area contributed by atoms with Crippen molar-refractivity contribution in [3.05, 3.63) is 12.3 Å². The Balaban J connectivity index is 1.90. The summed E-state index contributed by atoms with van der Waals surface area (Å²) in [6.07, 6.45) is 9.05. The van der Waals surface area contributed by atoms with E-state index in [-0.39, 0.29) is 5.54 Å². The maximum absolute atomic E-state index is 10.2. The second-order valence-electron chi connectivity index (χ2n) is 4.24. The Hall–Kier alpha value is -0.990. The minimum absolute atomic E-state index is 0.247. The third kappa shape index (κ3) is 1.69. The highest BCUT2D eigenvalue weighted by atomic mass is 16.4. The van der Waals surface area contributed by atoms with Crippen molar-refractivity contribution in [2.24, 2.45) is 5.92 Å². The molecule has 0 aliphatic heterocycles. The van der Waals surface area contributed by atoms with Gasteiger partial charge in [0.15, 0.2) is 0 Å². The Morgan fingerprint density at radius 2 is 2.15 bits per heavy atom. The summed E-state index contributed by atoms with van der Waals surface area (Å²) in [7, 11) is 0. The van der Waals surface area contributed by atoms with Crippen molar-refractivity contribution in [2.75, 3.05) is 0 Å². The number of hydrogen-bond donors (Lipinski definition) is 2. The van der Waals surface area contributed by atoms with E-state index < -0.39 is 5.97 Å². The molecule has 72 valence electrons. The molecule has 2 fully saturated rings. The van der Waals surface area contributed by atoms with Crippen LogP contribution in [0.1, 0.15) is 32.1 Å². The first-order valence-electron chi connectivity index (χ1n) is 4.87. The van der Waals surface area contributed by atoms with Crippen LogP contribution in [0.5, 0.6) is 0 Å². The summed E-state index contributed by atoms with van der Waals surface area (Å²) in [5.41, 5.74) is 0.247. The van der Waals surface area contributed by atoms with Crippen molar-refractivity contribution < 1.29 is 9.90 Å². The molecule has 2 aliphatic carbocycles. The SMILES string of the molecule is O=C(O)C=CNC12CCC(CC1)C2. The lowest BCUT2D eigenvalue weighted by molar-refractivity contribution is -0.131. The highest BCUT2D eigenvalue weighted by molar-refractivity contribution is 5.79. The second kappa shape index (κ2) is 3.05. The molecular weight excluding hydrogens is 166 g/mol. The topological polar surface area (TPSA) is 49.3 Å². The van der Waals surface area contributed by atoms with E-state index in [0.717, 1.165) is 5.92 Å². The van der Waals surface area contributed by atoms with E-state index in [1.165, 1.54) is 38.2 Å². The molecule has 2 N–H and O–H groups in total. The van der Waals surface area contributed by atoms with Crippen molar-refractivity contribution in [2.45, 2.75) is 37.6 Å². The average Bonchev–Trinajstić information content (AvgIpc) is 2.62. The first-order chi connectivity index (χ1) is 6.20. The molecule has 2 saturated carbocycles. The predicted molar refractivity (Wildman–Crippen MR) is 49.2 cm³/mol. The smallest absolute Gasteiger partial charge is 0.329 e. The van der Waals surface area contributed by atoms with Crippen LogP contribution in [0.2, 0.25) is 0 Å². The normalized spacial score (nSPS) is 37.1. The van der Waals surface area contributed by atoms with Gasteiger partial charge in [0, 0.05) is 17.8 Å². The summed E-state index contributed by atoms with van der Waals surface area (Å²) in [5.74, 6) is 0.0159. The number of rotatable bonds is 3. The Bertz CT molecular complexity index is 239. The molecule has 0 aromatic rings. The molecule has 2 aliphatic rings. The standard InChI is InChI=1S/C10H15NO2/c12-9(13)3-6-11-10-4-1-8(7-10)2-5-10/h3,6,8,11H,1-2,4-5,7H2,(H,12,13). The van der Waals surface area contributed by atoms with Gasteiger partial charge >= 0.3 is 5.97 Å². The van der Waals surface area contributed by atoms with Crippen LogP contribution in [0.3, 0.4) is 0 Å². The van der Waals surface area contributed by atoms with Gasteiger partial charge in [-0.1, -0.05) is 0 Å². The zero-order valence-electron chi connectivity index (χ0n) is 7.62. The summed E-state index contributed by atoms with van der Waals surface area (Å²) in [4.78, 5) is 10.2. The van der Waals surface area contributed by atoms with Gasteiger partial charge < -0.3 is 10.4 Å². The molecule has 0 heterocycles. The lowest BCUT2D eigenvalue weighted by atomic mass is 9.94. The third-order valence-corrected chi connectivity index (χ3v) is 3.36. The molecule has 0 unspecified atom stereocenters. The first-order valence-corrected chi connectivity index (χ1v) is 4.87. The molecule has 3 heteroatoms. The van der Waals surface area contributed by atoms with Crippen molar-refractivity contribution in [3.8, 4) is 0 Å². The van der Waals surface area contributed by atoms with Gasteiger partial charge in [-0.3, -0.25) is 0 Å². The van der Waals surface area contributed by atoms with Crippen LogP contribution in [-0.2, 0) is 4.79 Å². The largest absolute Gasteiger partial charge is 0.478 e. The Morgan fingerprint density at radius 1 is 1.46 bits per heavy atom. The van der Waals surface area contributed by atoms with Gasteiger partial charge in [0.25, 0.3) is 0 Å². The van der Waals surface area contributed by atoms with Crippen LogP contribution >= 0.6 is 0 Å². The zero-order valence-corrected chi connectivity index (χ0v) is 7.62. The fourth-order valence-electron chi connectivity index (χ4n) is 2.68. The van der Waals surface area contributed by atoms with E-state index in [4.69, 9.17) is 5.11 Å². The Morgan fingerprint density at radius 3 is 2.62 bits per heavy atom. The lowest BCUT2D eigenvalue weighted by Gasteiger charge is -2.26. The molecule has 0 aromatic carbocycles. The van der Waals surface area contributed by atoms with Gasteiger partial charge in [-0.2, -0.15) is 0 Å². The van der Waals surface area contributed by atoms with Gasteiger partial charge in [-0.25, -0.2) is 4.79 Å². The third-order valence-electron chi connectivity index (χ3n) is 3.36. The van der Waals surface area contributed by atoms with E-state index in [2.05, 4.69) is 5.32 Å². The monoisotopic (exact) mass is 181 g/mol. The molecule has 3 nitrogen and oxygen atoms in total. The van der Waals surface area contributed by atoms with Gasteiger partial charge in [-0.05, 0) is 38.0 Å². The summed E-state index contributed by atoms with van der Waals surface area (Å²) in [5, 5.41) is 11.7. The number of nitrogens with one attached hydrogen (secondary N) is 1. The second-order valence-corrected chi connectivity index (χ2v) is 4.24. The first kappa shape index (κ1) is 8.60. The summed E-state index contributed by atoms with van der Waals surface area (Å²) in [6.45, 7) is 0. The average molecular weight is 181 g/mol. The van der Waals surface area contributed by atoms with E-state index in [1.54, 1.807) is 6.20 Å². The fourth-order valence-corrected chi connectivity index (χ4v) is 2.68. The quantitative estimate of drug-likeness (QED) is 0.649. The van der Waals surface area contributed by atoms with E-state index in [9.17, 15) is 4.79 Å². The molecule has 0 aromatic heterocycles. The van der Waals surface area contributed by atoms with E-state index in [0.29, 0.717) is 0 Å². The van der Waals surface area contributed by atoms with Crippen LogP contribution in [0.15, 0.2) is 12.3 Å². The number of hydrogen-bond acceptors (Lipinski definition) is 2. The van der Waals surface area contributed by atoms with Gasteiger partial charge in [0.1, 0.15) is 0 Å². The minimum Gasteiger partial charge on any atom is -0.478 e. The molecule has 0 saturated heterocycles. The summed E-state index contributed by atoms with van der Waals surface area (Å²) >= 11 is 0. The number of fused-ring (bicyclic) bond motifs is 2. The Labute approximate surface area is 77.8 Å². The maximum Gasteiger partial charge on any atom is 0.329 e. The molecule has 13 heavy (non-hydrogen) atoms. The van der Waals surface area contributed by atoms with Crippen molar-refractivity contribution in [3.63, 3.8) is 0 Å². The van der Waals surface area contributed by atoms with Crippen LogP contribution in [0, 0.1) is 5.92 Å². The number of carboxylic acids is 1. The summed E-state index contributed by atoms with van der Waals surface area (Å²) in [6, 6.07) is 0. The van der Waals surface area contributed by atoms with E-state index >= 15 is 0 Å². The summed E-state index contributed by atoms with van der Waals surface area (Å²) < 4.78 is 0. The molecule has 2 rings (SSSR count).